The Morgan fingerprint density at radius 2 is 2.40 bits per heavy atom. The van der Waals surface area contributed by atoms with Gasteiger partial charge in [0.2, 0.25) is 0 Å². The molecule has 1 aromatic heterocycles. The lowest BCUT2D eigenvalue weighted by Crippen LogP contribution is -2.36. The number of rotatable bonds is 3. The van der Waals surface area contributed by atoms with Crippen molar-refractivity contribution in [1.82, 2.24) is 4.98 Å². The van der Waals surface area contributed by atoms with Crippen LogP contribution in [-0.2, 0) is 4.79 Å². The van der Waals surface area contributed by atoms with E-state index in [9.17, 15) is 4.79 Å². The monoisotopic (exact) mass is 294 g/mol. The van der Waals surface area contributed by atoms with Crippen LogP contribution in [-0.4, -0.2) is 29.1 Å². The smallest absolute Gasteiger partial charge is 0.303 e. The van der Waals surface area contributed by atoms with E-state index in [1.165, 1.54) is 0 Å². The Morgan fingerprint density at radius 1 is 1.55 bits per heavy atom. The third kappa shape index (κ3) is 2.72. The summed E-state index contributed by atoms with van der Waals surface area (Å²) in [4.78, 5) is 17.3. The highest BCUT2D eigenvalue weighted by Crippen LogP contribution is 2.28. The molecule has 1 saturated heterocycles. The highest BCUT2D eigenvalue weighted by Gasteiger charge is 2.25. The van der Waals surface area contributed by atoms with Gasteiger partial charge in [0.1, 0.15) is 5.52 Å². The largest absolute Gasteiger partial charge is 0.481 e. The summed E-state index contributed by atoms with van der Waals surface area (Å²) in [6.45, 7) is 1.52. The van der Waals surface area contributed by atoms with Crippen molar-refractivity contribution in [3.05, 3.63) is 23.2 Å². The summed E-state index contributed by atoms with van der Waals surface area (Å²) in [6, 6.07) is 5.88. The Morgan fingerprint density at radius 3 is 3.20 bits per heavy atom. The zero-order valence-electron chi connectivity index (χ0n) is 10.9. The highest BCUT2D eigenvalue weighted by atomic mass is 35.5. The first-order chi connectivity index (χ1) is 9.61. The number of benzene rings is 1. The molecule has 1 unspecified atom stereocenters. The molecule has 6 heteroatoms. The molecule has 0 amide bonds. The van der Waals surface area contributed by atoms with Gasteiger partial charge in [-0.1, -0.05) is 11.6 Å². The third-order valence-electron chi connectivity index (χ3n) is 3.59. The van der Waals surface area contributed by atoms with Crippen LogP contribution in [0.4, 0.5) is 6.01 Å². The van der Waals surface area contributed by atoms with Crippen LogP contribution in [0.15, 0.2) is 22.6 Å². The number of carboxylic acids is 1. The zero-order chi connectivity index (χ0) is 14.1. The molecule has 5 nitrogen and oxygen atoms in total. The Balaban J connectivity index is 1.81. The molecule has 1 fully saturated rings. The molecule has 0 radical (unpaired) electrons. The van der Waals surface area contributed by atoms with Gasteiger partial charge in [0.15, 0.2) is 5.58 Å². The fourth-order valence-electron chi connectivity index (χ4n) is 2.68. The lowest BCUT2D eigenvalue weighted by molar-refractivity contribution is -0.138. The first kappa shape index (κ1) is 13.2. The molecule has 1 aliphatic rings. The Labute approximate surface area is 121 Å². The minimum atomic E-state index is -0.749. The minimum Gasteiger partial charge on any atom is -0.481 e. The topological polar surface area (TPSA) is 66.6 Å². The van der Waals surface area contributed by atoms with Gasteiger partial charge in [-0.3, -0.25) is 4.79 Å². The molecule has 2 aromatic rings. The Hall–Kier alpha value is -1.75. The van der Waals surface area contributed by atoms with Crippen molar-refractivity contribution < 1.29 is 14.3 Å². The van der Waals surface area contributed by atoms with Gasteiger partial charge in [-0.25, -0.2) is 0 Å². The molecule has 1 aliphatic heterocycles. The number of aromatic nitrogens is 1. The summed E-state index contributed by atoms with van der Waals surface area (Å²) in [6.07, 6.45) is 2.09. The number of carbonyl (C=O) groups is 1. The Bertz CT molecular complexity index is 640. The molecule has 0 spiro atoms. The van der Waals surface area contributed by atoms with E-state index in [0.29, 0.717) is 23.2 Å². The van der Waals surface area contributed by atoms with E-state index in [1.807, 2.05) is 4.90 Å². The molecule has 0 bridgehead atoms. The van der Waals surface area contributed by atoms with Crippen molar-refractivity contribution in [2.24, 2.45) is 5.92 Å². The number of aliphatic carboxylic acids is 1. The summed E-state index contributed by atoms with van der Waals surface area (Å²) in [5.41, 5.74) is 1.43. The van der Waals surface area contributed by atoms with E-state index in [1.54, 1.807) is 18.2 Å². The SMILES string of the molecule is O=C(O)CC1CCCN(c2nc3cc(Cl)ccc3o2)C1. The van der Waals surface area contributed by atoms with Crippen LogP contribution in [0.25, 0.3) is 11.1 Å². The van der Waals surface area contributed by atoms with Gasteiger partial charge in [0.05, 0.1) is 0 Å². The molecule has 106 valence electrons. The van der Waals surface area contributed by atoms with Crippen LogP contribution in [0.1, 0.15) is 19.3 Å². The summed E-state index contributed by atoms with van der Waals surface area (Å²) in [5.74, 6) is -0.596. The van der Waals surface area contributed by atoms with Crippen LogP contribution < -0.4 is 4.90 Å². The van der Waals surface area contributed by atoms with Crippen molar-refractivity contribution in [2.75, 3.05) is 18.0 Å². The average molecular weight is 295 g/mol. The molecule has 20 heavy (non-hydrogen) atoms. The van der Waals surface area contributed by atoms with Crippen molar-refractivity contribution in [3.8, 4) is 0 Å². The number of piperidine rings is 1. The summed E-state index contributed by atoms with van der Waals surface area (Å²) < 4.78 is 5.72. The fourth-order valence-corrected chi connectivity index (χ4v) is 2.84. The van der Waals surface area contributed by atoms with Crippen LogP contribution in [0.3, 0.4) is 0 Å². The van der Waals surface area contributed by atoms with Crippen molar-refractivity contribution in [2.45, 2.75) is 19.3 Å². The highest BCUT2D eigenvalue weighted by molar-refractivity contribution is 6.31. The van der Waals surface area contributed by atoms with Gasteiger partial charge in [-0.2, -0.15) is 4.98 Å². The first-order valence-electron chi connectivity index (χ1n) is 6.64. The van der Waals surface area contributed by atoms with Crippen LogP contribution in [0.2, 0.25) is 5.02 Å². The molecule has 3 rings (SSSR count). The second-order valence-electron chi connectivity index (χ2n) is 5.16. The van der Waals surface area contributed by atoms with Gasteiger partial charge in [0, 0.05) is 24.5 Å². The number of halogens is 1. The van der Waals surface area contributed by atoms with E-state index >= 15 is 0 Å². The molecule has 2 heterocycles. The van der Waals surface area contributed by atoms with Crippen LogP contribution in [0, 0.1) is 5.92 Å². The molecular formula is C14H15ClN2O3. The third-order valence-corrected chi connectivity index (χ3v) is 3.83. The number of fused-ring (bicyclic) bond motifs is 1. The van der Waals surface area contributed by atoms with Gasteiger partial charge in [-0.05, 0) is 37.0 Å². The van der Waals surface area contributed by atoms with E-state index in [2.05, 4.69) is 4.98 Å². The molecule has 0 saturated carbocycles. The van der Waals surface area contributed by atoms with Gasteiger partial charge in [-0.15, -0.1) is 0 Å². The van der Waals surface area contributed by atoms with Gasteiger partial charge >= 0.3 is 5.97 Å². The lowest BCUT2D eigenvalue weighted by Gasteiger charge is -2.30. The standard InChI is InChI=1S/C14H15ClN2O3/c15-10-3-4-12-11(7-10)16-14(20-12)17-5-1-2-9(8-17)6-13(18)19/h3-4,7,9H,1-2,5-6,8H2,(H,18,19). The number of carboxylic acid groups (broad SMARTS) is 1. The van der Waals surface area contributed by atoms with E-state index in [-0.39, 0.29) is 12.3 Å². The Kier molecular flexibility index (Phi) is 3.53. The van der Waals surface area contributed by atoms with Crippen LogP contribution in [0.5, 0.6) is 0 Å². The summed E-state index contributed by atoms with van der Waals surface area (Å²) >= 11 is 5.93. The van der Waals surface area contributed by atoms with Gasteiger partial charge < -0.3 is 14.4 Å². The molecular weight excluding hydrogens is 280 g/mol. The number of hydrogen-bond donors (Lipinski definition) is 1. The van der Waals surface area contributed by atoms with E-state index in [4.69, 9.17) is 21.1 Å². The lowest BCUT2D eigenvalue weighted by atomic mass is 9.95. The predicted molar refractivity (Wildman–Crippen MR) is 76.2 cm³/mol. The molecule has 0 aliphatic carbocycles. The summed E-state index contributed by atoms with van der Waals surface area (Å²) in [7, 11) is 0. The summed E-state index contributed by atoms with van der Waals surface area (Å²) in [5, 5.41) is 9.52. The zero-order valence-corrected chi connectivity index (χ0v) is 11.6. The molecule has 1 atom stereocenters. The number of oxazole rings is 1. The maximum atomic E-state index is 10.8. The van der Waals surface area contributed by atoms with E-state index < -0.39 is 5.97 Å². The van der Waals surface area contributed by atoms with Crippen molar-refractivity contribution >= 4 is 34.7 Å². The second kappa shape index (κ2) is 5.32. The maximum absolute atomic E-state index is 10.8. The minimum absolute atomic E-state index is 0.153. The quantitative estimate of drug-likeness (QED) is 0.942. The van der Waals surface area contributed by atoms with Crippen molar-refractivity contribution in [3.63, 3.8) is 0 Å². The van der Waals surface area contributed by atoms with Crippen molar-refractivity contribution in [1.29, 1.82) is 0 Å². The predicted octanol–water partition coefficient (Wildman–Crippen LogP) is 3.17. The number of anilines is 1. The van der Waals surface area contributed by atoms with Crippen LogP contribution >= 0.6 is 11.6 Å². The second-order valence-corrected chi connectivity index (χ2v) is 5.60. The number of nitrogens with zero attached hydrogens (tertiary/aromatic N) is 2. The molecule has 1 N–H and O–H groups in total. The average Bonchev–Trinajstić information content (AvgIpc) is 2.81. The molecule has 1 aromatic carbocycles. The number of hydrogen-bond acceptors (Lipinski definition) is 4. The van der Waals surface area contributed by atoms with Gasteiger partial charge in [0.25, 0.3) is 6.01 Å². The maximum Gasteiger partial charge on any atom is 0.303 e. The van der Waals surface area contributed by atoms with E-state index in [0.717, 1.165) is 24.9 Å². The fraction of sp³-hybridized carbons (Fsp3) is 0.429. The first-order valence-corrected chi connectivity index (χ1v) is 7.02. The normalized spacial score (nSPS) is 19.4.